The van der Waals surface area contributed by atoms with E-state index in [9.17, 15) is 14.4 Å². The summed E-state index contributed by atoms with van der Waals surface area (Å²) in [7, 11) is 0. The second-order valence-electron chi connectivity index (χ2n) is 5.82. The minimum atomic E-state index is -0.802. The molecule has 0 spiro atoms. The van der Waals surface area contributed by atoms with Crippen LogP contribution in [-0.4, -0.2) is 23.8 Å². The van der Waals surface area contributed by atoms with Gasteiger partial charge in [-0.1, -0.05) is 24.3 Å². The summed E-state index contributed by atoms with van der Waals surface area (Å²) >= 11 is 0. The number of benzene rings is 2. The summed E-state index contributed by atoms with van der Waals surface area (Å²) in [6, 6.07) is 13.2. The van der Waals surface area contributed by atoms with Crippen molar-refractivity contribution in [3.05, 3.63) is 65.2 Å². The van der Waals surface area contributed by atoms with Gasteiger partial charge in [-0.2, -0.15) is 0 Å². The lowest BCUT2D eigenvalue weighted by molar-refractivity contribution is -0.119. The number of hydrogen-bond donors (Lipinski definition) is 3. The standard InChI is InChI=1S/C19H21N3O3/c1-12-5-3-4-6-15(12)11-17(18(20)24)22-19(25)14-7-9-16(10-8-14)21-13(2)23/h3-10,17H,11H2,1-2H3,(H2,20,24)(H,21,23)(H,22,25)/t17-/m1/s1. The van der Waals surface area contributed by atoms with Crippen LogP contribution in [0.25, 0.3) is 0 Å². The Labute approximate surface area is 146 Å². The predicted octanol–water partition coefficient (Wildman–Crippen LogP) is 1.78. The highest BCUT2D eigenvalue weighted by molar-refractivity contribution is 5.98. The number of aryl methyl sites for hydroxylation is 1. The molecule has 25 heavy (non-hydrogen) atoms. The number of primary amides is 1. The smallest absolute Gasteiger partial charge is 0.251 e. The van der Waals surface area contributed by atoms with Crippen LogP contribution in [0, 0.1) is 6.92 Å². The van der Waals surface area contributed by atoms with Crippen molar-refractivity contribution >= 4 is 23.4 Å². The van der Waals surface area contributed by atoms with E-state index in [1.54, 1.807) is 24.3 Å². The molecular weight excluding hydrogens is 318 g/mol. The molecule has 6 heteroatoms. The van der Waals surface area contributed by atoms with Gasteiger partial charge in [-0.15, -0.1) is 0 Å². The lowest BCUT2D eigenvalue weighted by atomic mass is 10.0. The molecule has 0 aliphatic carbocycles. The van der Waals surface area contributed by atoms with Crippen LogP contribution in [0.15, 0.2) is 48.5 Å². The third kappa shape index (κ3) is 5.17. The number of carbonyl (C=O) groups excluding carboxylic acids is 3. The maximum Gasteiger partial charge on any atom is 0.251 e. The van der Waals surface area contributed by atoms with E-state index in [-0.39, 0.29) is 5.91 Å². The minimum absolute atomic E-state index is 0.191. The monoisotopic (exact) mass is 339 g/mol. The average Bonchev–Trinajstić information content (AvgIpc) is 2.56. The molecule has 0 unspecified atom stereocenters. The third-order valence-electron chi connectivity index (χ3n) is 3.80. The van der Waals surface area contributed by atoms with Gasteiger partial charge in [-0.3, -0.25) is 14.4 Å². The number of carbonyl (C=O) groups is 3. The summed E-state index contributed by atoms with van der Waals surface area (Å²) in [5.41, 5.74) is 8.39. The second-order valence-corrected chi connectivity index (χ2v) is 5.82. The van der Waals surface area contributed by atoms with Gasteiger partial charge in [0.05, 0.1) is 0 Å². The van der Waals surface area contributed by atoms with E-state index in [1.807, 2.05) is 31.2 Å². The van der Waals surface area contributed by atoms with E-state index in [0.717, 1.165) is 11.1 Å². The van der Waals surface area contributed by atoms with Crippen molar-refractivity contribution in [3.63, 3.8) is 0 Å². The Morgan fingerprint density at radius 3 is 2.24 bits per heavy atom. The van der Waals surface area contributed by atoms with Gasteiger partial charge in [-0.25, -0.2) is 0 Å². The first-order valence-corrected chi connectivity index (χ1v) is 7.89. The van der Waals surface area contributed by atoms with Gasteiger partial charge in [0, 0.05) is 24.6 Å². The highest BCUT2D eigenvalue weighted by Crippen LogP contribution is 2.12. The summed E-state index contributed by atoms with van der Waals surface area (Å²) in [6.45, 7) is 3.35. The summed E-state index contributed by atoms with van der Waals surface area (Å²) in [4.78, 5) is 35.1. The van der Waals surface area contributed by atoms with Crippen molar-refractivity contribution in [1.82, 2.24) is 5.32 Å². The maximum atomic E-state index is 12.4. The first-order valence-electron chi connectivity index (χ1n) is 7.89. The molecule has 0 saturated heterocycles. The molecule has 0 fully saturated rings. The third-order valence-corrected chi connectivity index (χ3v) is 3.80. The molecule has 130 valence electrons. The lowest BCUT2D eigenvalue weighted by Gasteiger charge is -2.17. The molecule has 6 nitrogen and oxygen atoms in total. The number of nitrogens with two attached hydrogens (primary N) is 1. The van der Waals surface area contributed by atoms with Crippen molar-refractivity contribution in [2.75, 3.05) is 5.32 Å². The molecule has 3 amide bonds. The fourth-order valence-electron chi connectivity index (χ4n) is 2.43. The zero-order valence-corrected chi connectivity index (χ0v) is 14.2. The zero-order valence-electron chi connectivity index (χ0n) is 14.2. The van der Waals surface area contributed by atoms with Crippen LogP contribution in [0.3, 0.4) is 0 Å². The fourth-order valence-corrected chi connectivity index (χ4v) is 2.43. The Balaban J connectivity index is 2.08. The van der Waals surface area contributed by atoms with Crippen molar-refractivity contribution in [1.29, 1.82) is 0 Å². The van der Waals surface area contributed by atoms with Gasteiger partial charge in [-0.05, 0) is 42.3 Å². The number of rotatable bonds is 6. The fraction of sp³-hybridized carbons (Fsp3) is 0.211. The first kappa shape index (κ1) is 18.2. The van der Waals surface area contributed by atoms with E-state index < -0.39 is 17.9 Å². The van der Waals surface area contributed by atoms with E-state index in [0.29, 0.717) is 17.7 Å². The van der Waals surface area contributed by atoms with Crippen molar-refractivity contribution in [2.24, 2.45) is 5.73 Å². The van der Waals surface area contributed by atoms with Crippen molar-refractivity contribution in [2.45, 2.75) is 26.3 Å². The molecule has 0 aliphatic rings. The Bertz CT molecular complexity index is 785. The van der Waals surface area contributed by atoms with Crippen LogP contribution in [0.1, 0.15) is 28.4 Å². The van der Waals surface area contributed by atoms with Crippen LogP contribution in [0.2, 0.25) is 0 Å². The highest BCUT2D eigenvalue weighted by atomic mass is 16.2. The quantitative estimate of drug-likeness (QED) is 0.747. The zero-order chi connectivity index (χ0) is 18.4. The first-order chi connectivity index (χ1) is 11.9. The second kappa shape index (κ2) is 8.10. The van der Waals surface area contributed by atoms with E-state index in [4.69, 9.17) is 5.73 Å². The van der Waals surface area contributed by atoms with Gasteiger partial charge in [0.25, 0.3) is 5.91 Å². The van der Waals surface area contributed by atoms with Gasteiger partial charge in [0.1, 0.15) is 6.04 Å². The summed E-state index contributed by atoms with van der Waals surface area (Å²) in [5.74, 6) is -1.18. The predicted molar refractivity (Wildman–Crippen MR) is 96.1 cm³/mol. The molecule has 4 N–H and O–H groups in total. The van der Waals surface area contributed by atoms with Crippen LogP contribution >= 0.6 is 0 Å². The molecule has 0 saturated carbocycles. The van der Waals surface area contributed by atoms with Crippen LogP contribution < -0.4 is 16.4 Å². The number of anilines is 1. The Kier molecular flexibility index (Phi) is 5.89. The van der Waals surface area contributed by atoms with Gasteiger partial charge < -0.3 is 16.4 Å². The molecule has 0 aliphatic heterocycles. The molecule has 0 radical (unpaired) electrons. The van der Waals surface area contributed by atoms with Crippen molar-refractivity contribution in [3.8, 4) is 0 Å². The maximum absolute atomic E-state index is 12.4. The van der Waals surface area contributed by atoms with E-state index in [1.165, 1.54) is 6.92 Å². The van der Waals surface area contributed by atoms with E-state index >= 15 is 0 Å². The molecule has 2 aromatic carbocycles. The van der Waals surface area contributed by atoms with Gasteiger partial charge >= 0.3 is 0 Å². The number of hydrogen-bond acceptors (Lipinski definition) is 3. The average molecular weight is 339 g/mol. The molecule has 2 aromatic rings. The molecular formula is C19H21N3O3. The van der Waals surface area contributed by atoms with Gasteiger partial charge in [0.15, 0.2) is 0 Å². The molecule has 0 heterocycles. The topological polar surface area (TPSA) is 101 Å². The van der Waals surface area contributed by atoms with Crippen LogP contribution in [-0.2, 0) is 16.0 Å². The van der Waals surface area contributed by atoms with E-state index in [2.05, 4.69) is 10.6 Å². The van der Waals surface area contributed by atoms with Crippen LogP contribution in [0.4, 0.5) is 5.69 Å². The normalized spacial score (nSPS) is 11.4. The minimum Gasteiger partial charge on any atom is -0.368 e. The van der Waals surface area contributed by atoms with Crippen LogP contribution in [0.5, 0.6) is 0 Å². The molecule has 1 atom stereocenters. The largest absolute Gasteiger partial charge is 0.368 e. The molecule has 0 aromatic heterocycles. The summed E-state index contributed by atoms with van der Waals surface area (Å²) in [6.07, 6.45) is 0.331. The lowest BCUT2D eigenvalue weighted by Crippen LogP contribution is -2.46. The van der Waals surface area contributed by atoms with Crippen molar-refractivity contribution < 1.29 is 14.4 Å². The molecule has 2 rings (SSSR count). The Hall–Kier alpha value is -3.15. The summed E-state index contributed by atoms with van der Waals surface area (Å²) < 4.78 is 0. The Morgan fingerprint density at radius 2 is 1.68 bits per heavy atom. The Morgan fingerprint density at radius 1 is 1.04 bits per heavy atom. The van der Waals surface area contributed by atoms with Gasteiger partial charge in [0.2, 0.25) is 11.8 Å². The SMILES string of the molecule is CC(=O)Nc1ccc(C(=O)N[C@H](Cc2ccccc2C)C(N)=O)cc1. The molecule has 0 bridgehead atoms. The number of amides is 3. The number of nitrogens with one attached hydrogen (secondary N) is 2. The summed E-state index contributed by atoms with van der Waals surface area (Å²) in [5, 5.41) is 5.29. The highest BCUT2D eigenvalue weighted by Gasteiger charge is 2.20.